The van der Waals surface area contributed by atoms with Crippen LogP contribution in [0.4, 0.5) is 13.2 Å². The fraction of sp³-hybridized carbons (Fsp3) is 0.208. The number of nitrogens with zero attached hydrogens (tertiary/aromatic N) is 3. The lowest BCUT2D eigenvalue weighted by Gasteiger charge is -2.28. The van der Waals surface area contributed by atoms with E-state index in [0.29, 0.717) is 5.52 Å². The van der Waals surface area contributed by atoms with Crippen molar-refractivity contribution in [2.24, 2.45) is 0 Å². The number of fused-ring (bicyclic) bond motifs is 2. The number of alkyl halides is 3. The van der Waals surface area contributed by atoms with Crippen molar-refractivity contribution in [1.29, 1.82) is 0 Å². The molecule has 1 aliphatic carbocycles. The lowest BCUT2D eigenvalue weighted by molar-refractivity contribution is -0.138. The molecule has 8 heteroatoms. The van der Waals surface area contributed by atoms with Gasteiger partial charge in [-0.2, -0.15) is 18.2 Å². The zero-order valence-corrected chi connectivity index (χ0v) is 16.8. The summed E-state index contributed by atoms with van der Waals surface area (Å²) in [5, 5.41) is 0.276. The van der Waals surface area contributed by atoms with Gasteiger partial charge < -0.3 is 9.30 Å². The van der Waals surface area contributed by atoms with Gasteiger partial charge in [0.15, 0.2) is 0 Å². The van der Waals surface area contributed by atoms with Crippen LogP contribution in [0.5, 0.6) is 11.6 Å². The third-order valence-corrected chi connectivity index (χ3v) is 5.74. The summed E-state index contributed by atoms with van der Waals surface area (Å²) in [6.07, 6.45) is 1.07. The average Bonchev–Trinajstić information content (AvgIpc) is 2.79. The van der Waals surface area contributed by atoms with E-state index < -0.39 is 23.2 Å². The van der Waals surface area contributed by atoms with E-state index in [1.165, 1.54) is 29.5 Å². The highest BCUT2D eigenvalue weighted by Crippen LogP contribution is 2.38. The Bertz CT molecular complexity index is 1360. The average molecular weight is 437 g/mol. The molecule has 2 aromatic carbocycles. The molecule has 0 radical (unpaired) electrons. The molecule has 5 nitrogen and oxygen atoms in total. The Morgan fingerprint density at radius 1 is 1.03 bits per heavy atom. The summed E-state index contributed by atoms with van der Waals surface area (Å²) in [5.41, 5.74) is 1.65. The number of hydrogen-bond acceptors (Lipinski definition) is 4. The molecule has 0 aliphatic heterocycles. The number of rotatable bonds is 3. The summed E-state index contributed by atoms with van der Waals surface area (Å²) in [4.78, 5) is 20.2. The summed E-state index contributed by atoms with van der Waals surface area (Å²) in [7, 11) is 0. The number of hydrogen-bond donors (Lipinski definition) is 0. The van der Waals surface area contributed by atoms with Crippen LogP contribution in [-0.4, -0.2) is 14.5 Å². The lowest BCUT2D eigenvalue weighted by Crippen LogP contribution is -2.21. The summed E-state index contributed by atoms with van der Waals surface area (Å²) in [5.74, 6) is -0.479. The molecule has 0 spiro atoms. The molecule has 2 heterocycles. The van der Waals surface area contributed by atoms with Crippen molar-refractivity contribution in [3.63, 3.8) is 0 Å². The second-order valence-corrected chi connectivity index (χ2v) is 7.70. The van der Waals surface area contributed by atoms with E-state index in [-0.39, 0.29) is 17.2 Å². The first-order valence-electron chi connectivity index (χ1n) is 10.2. The molecule has 4 aromatic rings. The number of pyridine rings is 1. The SMILES string of the molecule is O=c1ncn(C2CCCc3ccccc32)c2ccc(Oc3ncccc3C(F)(F)F)cc12. The zero-order chi connectivity index (χ0) is 22.3. The Hall–Kier alpha value is -3.68. The lowest BCUT2D eigenvalue weighted by atomic mass is 9.87. The molecule has 5 rings (SSSR count). The second kappa shape index (κ2) is 7.78. The predicted molar refractivity (Wildman–Crippen MR) is 113 cm³/mol. The molecular weight excluding hydrogens is 419 g/mol. The highest BCUT2D eigenvalue weighted by Gasteiger charge is 2.35. The minimum absolute atomic E-state index is 0.0231. The predicted octanol–water partition coefficient (Wildman–Crippen LogP) is 5.53. The molecule has 162 valence electrons. The molecule has 2 aromatic heterocycles. The van der Waals surface area contributed by atoms with E-state index in [2.05, 4.69) is 22.1 Å². The smallest absolute Gasteiger partial charge is 0.421 e. The normalized spacial score (nSPS) is 16.0. The van der Waals surface area contributed by atoms with Gasteiger partial charge in [-0.05, 0) is 60.7 Å². The van der Waals surface area contributed by atoms with E-state index in [0.717, 1.165) is 25.3 Å². The number of aryl methyl sites for hydroxylation is 1. The molecule has 0 saturated carbocycles. The van der Waals surface area contributed by atoms with Crippen LogP contribution in [0.15, 0.2) is 71.9 Å². The maximum atomic E-state index is 13.3. The molecule has 1 aliphatic rings. The number of ether oxygens (including phenoxy) is 1. The number of benzene rings is 2. The molecule has 0 bridgehead atoms. The summed E-state index contributed by atoms with van der Waals surface area (Å²) in [6.45, 7) is 0. The highest BCUT2D eigenvalue weighted by molar-refractivity contribution is 5.80. The van der Waals surface area contributed by atoms with Gasteiger partial charge in [-0.25, -0.2) is 4.98 Å². The topological polar surface area (TPSA) is 57.0 Å². The molecule has 0 N–H and O–H groups in total. The first-order valence-corrected chi connectivity index (χ1v) is 10.2. The first kappa shape index (κ1) is 20.2. The fourth-order valence-electron chi connectivity index (χ4n) is 4.29. The van der Waals surface area contributed by atoms with Crippen LogP contribution >= 0.6 is 0 Å². The van der Waals surface area contributed by atoms with Crippen molar-refractivity contribution in [3.8, 4) is 11.6 Å². The molecule has 32 heavy (non-hydrogen) atoms. The van der Waals surface area contributed by atoms with Crippen LogP contribution in [-0.2, 0) is 12.6 Å². The Morgan fingerprint density at radius 3 is 2.72 bits per heavy atom. The number of aromatic nitrogens is 3. The Kier molecular flexibility index (Phi) is 4.92. The van der Waals surface area contributed by atoms with Crippen molar-refractivity contribution >= 4 is 10.9 Å². The monoisotopic (exact) mass is 437 g/mol. The fourth-order valence-corrected chi connectivity index (χ4v) is 4.29. The van der Waals surface area contributed by atoms with Crippen LogP contribution in [0, 0.1) is 0 Å². The molecular formula is C24H18F3N3O2. The van der Waals surface area contributed by atoms with E-state index in [4.69, 9.17) is 4.74 Å². The van der Waals surface area contributed by atoms with Crippen molar-refractivity contribution < 1.29 is 17.9 Å². The Balaban J connectivity index is 1.58. The van der Waals surface area contributed by atoms with Gasteiger partial charge in [-0.3, -0.25) is 4.79 Å². The zero-order valence-electron chi connectivity index (χ0n) is 16.8. The van der Waals surface area contributed by atoms with Gasteiger partial charge in [0.05, 0.1) is 23.3 Å². The van der Waals surface area contributed by atoms with E-state index in [9.17, 15) is 18.0 Å². The Morgan fingerprint density at radius 2 is 1.88 bits per heavy atom. The molecule has 0 amide bonds. The minimum atomic E-state index is -4.61. The van der Waals surface area contributed by atoms with Gasteiger partial charge in [-0.1, -0.05) is 24.3 Å². The van der Waals surface area contributed by atoms with E-state index in [1.54, 1.807) is 18.5 Å². The summed E-state index contributed by atoms with van der Waals surface area (Å²) >= 11 is 0. The Labute approximate surface area is 181 Å². The van der Waals surface area contributed by atoms with Crippen LogP contribution < -0.4 is 10.3 Å². The summed E-state index contributed by atoms with van der Waals surface area (Å²) in [6, 6.07) is 15.0. The first-order chi connectivity index (χ1) is 15.4. The largest absolute Gasteiger partial charge is 0.438 e. The second-order valence-electron chi connectivity index (χ2n) is 7.70. The van der Waals surface area contributed by atoms with Gasteiger partial charge in [-0.15, -0.1) is 0 Å². The van der Waals surface area contributed by atoms with E-state index in [1.807, 2.05) is 16.7 Å². The van der Waals surface area contributed by atoms with Crippen molar-refractivity contribution in [2.45, 2.75) is 31.5 Å². The van der Waals surface area contributed by atoms with Crippen molar-refractivity contribution in [3.05, 3.63) is 94.2 Å². The van der Waals surface area contributed by atoms with Gasteiger partial charge in [0.25, 0.3) is 5.56 Å². The third-order valence-electron chi connectivity index (χ3n) is 5.74. The molecule has 1 atom stereocenters. The maximum absolute atomic E-state index is 13.3. The highest BCUT2D eigenvalue weighted by atomic mass is 19.4. The van der Waals surface area contributed by atoms with Crippen molar-refractivity contribution in [1.82, 2.24) is 14.5 Å². The van der Waals surface area contributed by atoms with Crippen LogP contribution in [0.25, 0.3) is 10.9 Å². The number of halogens is 3. The standard InChI is InChI=1S/C24H18F3N3O2/c25-24(26,27)19-8-4-12-28-23(19)32-16-10-11-21-18(13-16)22(31)29-14-30(21)20-9-3-6-15-5-1-2-7-17(15)20/h1-2,4-5,7-8,10-14,20H,3,6,9H2. The van der Waals surface area contributed by atoms with Gasteiger partial charge >= 0.3 is 6.18 Å². The van der Waals surface area contributed by atoms with Gasteiger partial charge in [0.1, 0.15) is 11.3 Å². The van der Waals surface area contributed by atoms with Crippen LogP contribution in [0.1, 0.15) is 35.6 Å². The van der Waals surface area contributed by atoms with Crippen LogP contribution in [0.3, 0.4) is 0 Å². The minimum Gasteiger partial charge on any atom is -0.438 e. The van der Waals surface area contributed by atoms with Crippen LogP contribution in [0.2, 0.25) is 0 Å². The molecule has 0 saturated heterocycles. The quantitative estimate of drug-likeness (QED) is 0.423. The van der Waals surface area contributed by atoms with Crippen molar-refractivity contribution in [2.75, 3.05) is 0 Å². The van der Waals surface area contributed by atoms with Gasteiger partial charge in [0, 0.05) is 6.20 Å². The molecule has 1 unspecified atom stereocenters. The maximum Gasteiger partial charge on any atom is 0.421 e. The third kappa shape index (κ3) is 3.62. The molecule has 0 fully saturated rings. The van der Waals surface area contributed by atoms with Gasteiger partial charge in [0.2, 0.25) is 5.88 Å². The summed E-state index contributed by atoms with van der Waals surface area (Å²) < 4.78 is 47.2. The van der Waals surface area contributed by atoms with E-state index >= 15 is 0 Å².